The van der Waals surface area contributed by atoms with E-state index in [-0.39, 0.29) is 12.4 Å². The van der Waals surface area contributed by atoms with Gasteiger partial charge in [0, 0.05) is 18.7 Å². The number of aliphatic hydroxyl groups excluding tert-OH is 1. The molecule has 1 aromatic carbocycles. The third kappa shape index (κ3) is 5.13. The second kappa shape index (κ2) is 8.08. The molecule has 1 N–H and O–H groups in total. The largest absolute Gasteiger partial charge is 0.396 e. The molecule has 3 heteroatoms. The molecule has 1 rings (SSSR count). The predicted octanol–water partition coefficient (Wildman–Crippen LogP) is 2.70. The Morgan fingerprint density at radius 1 is 1.26 bits per heavy atom. The molecule has 0 heterocycles. The van der Waals surface area contributed by atoms with Crippen molar-refractivity contribution in [3.8, 4) is 0 Å². The topological polar surface area (TPSA) is 40.5 Å². The molecular formula is C16H25NO2. The van der Waals surface area contributed by atoms with Crippen molar-refractivity contribution < 1.29 is 9.90 Å². The SMILES string of the molecule is CCN(CCCO)CC(=O)c1ccc(C(C)C)cc1. The van der Waals surface area contributed by atoms with Crippen LogP contribution >= 0.6 is 0 Å². The monoisotopic (exact) mass is 263 g/mol. The molecule has 3 nitrogen and oxygen atoms in total. The van der Waals surface area contributed by atoms with Crippen molar-refractivity contribution in [3.05, 3.63) is 35.4 Å². The molecule has 106 valence electrons. The van der Waals surface area contributed by atoms with Gasteiger partial charge in [0.2, 0.25) is 0 Å². The normalized spacial score (nSPS) is 11.3. The van der Waals surface area contributed by atoms with E-state index in [0.717, 1.165) is 18.7 Å². The van der Waals surface area contributed by atoms with Gasteiger partial charge >= 0.3 is 0 Å². The van der Waals surface area contributed by atoms with E-state index in [9.17, 15) is 4.79 Å². The second-order valence-corrected chi connectivity index (χ2v) is 5.15. The number of aliphatic hydroxyl groups is 1. The summed E-state index contributed by atoms with van der Waals surface area (Å²) >= 11 is 0. The van der Waals surface area contributed by atoms with Crippen LogP contribution in [0.1, 0.15) is 49.0 Å². The number of Topliss-reactive ketones (excluding diaryl/α,β-unsaturated/α-hetero) is 1. The van der Waals surface area contributed by atoms with Gasteiger partial charge in [-0.25, -0.2) is 0 Å². The van der Waals surface area contributed by atoms with Crippen molar-refractivity contribution in [1.29, 1.82) is 0 Å². The Labute approximate surface area is 116 Å². The molecule has 0 aliphatic heterocycles. The summed E-state index contributed by atoms with van der Waals surface area (Å²) in [5.74, 6) is 0.635. The van der Waals surface area contributed by atoms with Crippen LogP contribution in [0.5, 0.6) is 0 Å². The fourth-order valence-corrected chi connectivity index (χ4v) is 1.99. The summed E-state index contributed by atoms with van der Waals surface area (Å²) in [4.78, 5) is 14.2. The molecule has 0 atom stereocenters. The highest BCUT2D eigenvalue weighted by Crippen LogP contribution is 2.15. The lowest BCUT2D eigenvalue weighted by atomic mass is 10.0. The lowest BCUT2D eigenvalue weighted by Crippen LogP contribution is -2.31. The van der Waals surface area contributed by atoms with E-state index >= 15 is 0 Å². The van der Waals surface area contributed by atoms with Crippen LogP contribution in [0.15, 0.2) is 24.3 Å². The van der Waals surface area contributed by atoms with Gasteiger partial charge in [-0.05, 0) is 24.4 Å². The van der Waals surface area contributed by atoms with Crippen LogP contribution in [0.2, 0.25) is 0 Å². The van der Waals surface area contributed by atoms with Crippen LogP contribution < -0.4 is 0 Å². The zero-order valence-electron chi connectivity index (χ0n) is 12.2. The maximum absolute atomic E-state index is 12.2. The first-order valence-corrected chi connectivity index (χ1v) is 7.04. The number of carbonyl (C=O) groups is 1. The zero-order valence-corrected chi connectivity index (χ0v) is 12.2. The number of hydrogen-bond acceptors (Lipinski definition) is 3. The average molecular weight is 263 g/mol. The Morgan fingerprint density at radius 3 is 2.37 bits per heavy atom. The first-order chi connectivity index (χ1) is 9.08. The minimum Gasteiger partial charge on any atom is -0.396 e. The quantitative estimate of drug-likeness (QED) is 0.733. The number of nitrogens with zero attached hydrogens (tertiary/aromatic N) is 1. The number of ketones is 1. The minimum absolute atomic E-state index is 0.148. The molecule has 0 radical (unpaired) electrons. The van der Waals surface area contributed by atoms with Crippen LogP contribution in [0, 0.1) is 0 Å². The number of benzene rings is 1. The first-order valence-electron chi connectivity index (χ1n) is 7.04. The van der Waals surface area contributed by atoms with Crippen molar-refractivity contribution in [2.75, 3.05) is 26.2 Å². The Bertz CT molecular complexity index is 384. The maximum atomic E-state index is 12.2. The third-order valence-corrected chi connectivity index (χ3v) is 3.35. The van der Waals surface area contributed by atoms with E-state index in [1.807, 2.05) is 31.2 Å². The van der Waals surface area contributed by atoms with E-state index < -0.39 is 0 Å². The Morgan fingerprint density at radius 2 is 1.89 bits per heavy atom. The molecular weight excluding hydrogens is 238 g/mol. The van der Waals surface area contributed by atoms with Crippen molar-refractivity contribution in [1.82, 2.24) is 4.90 Å². The fourth-order valence-electron chi connectivity index (χ4n) is 1.99. The summed E-state index contributed by atoms with van der Waals surface area (Å²) in [6.07, 6.45) is 0.716. The smallest absolute Gasteiger partial charge is 0.176 e. The van der Waals surface area contributed by atoms with E-state index in [0.29, 0.717) is 18.9 Å². The summed E-state index contributed by atoms with van der Waals surface area (Å²) in [6.45, 7) is 8.52. The van der Waals surface area contributed by atoms with Gasteiger partial charge in [-0.1, -0.05) is 45.0 Å². The molecule has 0 aliphatic carbocycles. The lowest BCUT2D eigenvalue weighted by Gasteiger charge is -2.19. The molecule has 1 aromatic rings. The maximum Gasteiger partial charge on any atom is 0.176 e. The second-order valence-electron chi connectivity index (χ2n) is 5.15. The first kappa shape index (κ1) is 15.9. The summed E-state index contributed by atoms with van der Waals surface area (Å²) in [5.41, 5.74) is 2.02. The van der Waals surface area contributed by atoms with Gasteiger partial charge in [0.1, 0.15) is 0 Å². The molecule has 19 heavy (non-hydrogen) atoms. The van der Waals surface area contributed by atoms with E-state index in [2.05, 4.69) is 18.7 Å². The zero-order chi connectivity index (χ0) is 14.3. The molecule has 0 saturated heterocycles. The van der Waals surface area contributed by atoms with Crippen molar-refractivity contribution in [2.24, 2.45) is 0 Å². The summed E-state index contributed by atoms with van der Waals surface area (Å²) < 4.78 is 0. The van der Waals surface area contributed by atoms with E-state index in [4.69, 9.17) is 5.11 Å². The van der Waals surface area contributed by atoms with Gasteiger partial charge in [0.05, 0.1) is 6.54 Å². The van der Waals surface area contributed by atoms with E-state index in [1.54, 1.807) is 0 Å². The van der Waals surface area contributed by atoms with Gasteiger partial charge in [-0.2, -0.15) is 0 Å². The minimum atomic E-state index is 0.148. The van der Waals surface area contributed by atoms with Gasteiger partial charge in [-0.15, -0.1) is 0 Å². The molecule has 0 fully saturated rings. The van der Waals surface area contributed by atoms with Crippen molar-refractivity contribution in [2.45, 2.75) is 33.1 Å². The Kier molecular flexibility index (Phi) is 6.74. The summed E-state index contributed by atoms with van der Waals surface area (Å²) in [7, 11) is 0. The Balaban J connectivity index is 2.61. The standard InChI is InChI=1S/C16H25NO2/c1-4-17(10-5-11-18)12-16(19)15-8-6-14(7-9-15)13(2)3/h6-9,13,18H,4-5,10-12H2,1-3H3. The molecule has 0 amide bonds. The van der Waals surface area contributed by atoms with Crippen LogP contribution in [0.3, 0.4) is 0 Å². The van der Waals surface area contributed by atoms with Gasteiger partial charge in [0.25, 0.3) is 0 Å². The molecule has 0 aliphatic rings. The highest BCUT2D eigenvalue weighted by Gasteiger charge is 2.11. The van der Waals surface area contributed by atoms with Gasteiger partial charge in [0.15, 0.2) is 5.78 Å². The highest BCUT2D eigenvalue weighted by atomic mass is 16.3. The number of likely N-dealkylation sites (N-methyl/N-ethyl adjacent to an activating group) is 1. The Hall–Kier alpha value is -1.19. The fraction of sp³-hybridized carbons (Fsp3) is 0.562. The van der Waals surface area contributed by atoms with Crippen LogP contribution in [-0.2, 0) is 0 Å². The van der Waals surface area contributed by atoms with E-state index in [1.165, 1.54) is 5.56 Å². The van der Waals surface area contributed by atoms with Crippen molar-refractivity contribution >= 4 is 5.78 Å². The lowest BCUT2D eigenvalue weighted by molar-refractivity contribution is 0.0928. The highest BCUT2D eigenvalue weighted by molar-refractivity contribution is 5.97. The summed E-state index contributed by atoms with van der Waals surface area (Å²) in [6, 6.07) is 7.89. The summed E-state index contributed by atoms with van der Waals surface area (Å²) in [5, 5.41) is 8.83. The average Bonchev–Trinajstić information content (AvgIpc) is 2.43. The molecule has 0 spiro atoms. The number of carbonyl (C=O) groups excluding carboxylic acids is 1. The van der Waals surface area contributed by atoms with Gasteiger partial charge < -0.3 is 5.11 Å². The van der Waals surface area contributed by atoms with Crippen molar-refractivity contribution in [3.63, 3.8) is 0 Å². The van der Waals surface area contributed by atoms with Gasteiger partial charge in [-0.3, -0.25) is 9.69 Å². The molecule has 0 unspecified atom stereocenters. The number of rotatable bonds is 8. The molecule has 0 saturated carbocycles. The molecule has 0 bridgehead atoms. The third-order valence-electron chi connectivity index (χ3n) is 3.35. The van der Waals surface area contributed by atoms with Crippen LogP contribution in [0.4, 0.5) is 0 Å². The molecule has 0 aromatic heterocycles. The predicted molar refractivity (Wildman–Crippen MR) is 78.7 cm³/mol. The van der Waals surface area contributed by atoms with Crippen LogP contribution in [0.25, 0.3) is 0 Å². The number of hydrogen-bond donors (Lipinski definition) is 1. The van der Waals surface area contributed by atoms with Crippen LogP contribution in [-0.4, -0.2) is 42.0 Å².